The zero-order valence-electron chi connectivity index (χ0n) is 9.92. The summed E-state index contributed by atoms with van der Waals surface area (Å²) >= 11 is 12.0. The first-order chi connectivity index (χ1) is 9.58. The molecule has 0 aliphatic carbocycles. The van der Waals surface area contributed by atoms with E-state index in [1.807, 2.05) is 0 Å². The molecule has 1 aromatic carbocycles. The van der Waals surface area contributed by atoms with Crippen LogP contribution < -0.4 is 0 Å². The van der Waals surface area contributed by atoms with E-state index in [4.69, 9.17) is 28.3 Å². The van der Waals surface area contributed by atoms with Gasteiger partial charge in [-0.2, -0.15) is 5.10 Å². The van der Waals surface area contributed by atoms with Gasteiger partial charge in [-0.1, -0.05) is 23.2 Å². The molecule has 3 aromatic rings. The molecule has 2 aromatic heterocycles. The lowest BCUT2D eigenvalue weighted by Gasteiger charge is -2.07. The second-order valence-corrected chi connectivity index (χ2v) is 4.90. The summed E-state index contributed by atoms with van der Waals surface area (Å²) in [4.78, 5) is 15.1. The van der Waals surface area contributed by atoms with Crippen LogP contribution in [0.4, 0.5) is 0 Å². The van der Waals surface area contributed by atoms with Gasteiger partial charge >= 0.3 is 5.97 Å². The summed E-state index contributed by atoms with van der Waals surface area (Å²) in [5.74, 6) is -1.08. The van der Waals surface area contributed by atoms with Crippen molar-refractivity contribution in [1.29, 1.82) is 0 Å². The average molecular weight is 308 g/mol. The maximum atomic E-state index is 11.1. The van der Waals surface area contributed by atoms with Crippen LogP contribution in [-0.2, 0) is 0 Å². The van der Waals surface area contributed by atoms with Crippen molar-refractivity contribution in [3.8, 4) is 11.3 Å². The number of aromatic nitrogens is 3. The Morgan fingerprint density at radius 2 is 2.05 bits per heavy atom. The third-order valence-electron chi connectivity index (χ3n) is 2.84. The highest BCUT2D eigenvalue weighted by Gasteiger charge is 2.16. The molecule has 7 heteroatoms. The van der Waals surface area contributed by atoms with Crippen molar-refractivity contribution in [2.24, 2.45) is 0 Å². The predicted molar refractivity (Wildman–Crippen MR) is 75.4 cm³/mol. The highest BCUT2D eigenvalue weighted by molar-refractivity contribution is 6.36. The number of rotatable bonds is 2. The predicted octanol–water partition coefficient (Wildman–Crippen LogP) is 3.40. The minimum Gasteiger partial charge on any atom is -0.477 e. The van der Waals surface area contributed by atoms with E-state index in [9.17, 15) is 4.79 Å². The van der Waals surface area contributed by atoms with Gasteiger partial charge in [-0.25, -0.2) is 14.3 Å². The van der Waals surface area contributed by atoms with Crippen molar-refractivity contribution in [2.45, 2.75) is 0 Å². The van der Waals surface area contributed by atoms with E-state index < -0.39 is 5.97 Å². The number of carboxylic acid groups (broad SMARTS) is 1. The smallest absolute Gasteiger partial charge is 0.341 e. The van der Waals surface area contributed by atoms with Crippen molar-refractivity contribution in [2.75, 3.05) is 0 Å². The van der Waals surface area contributed by atoms with Gasteiger partial charge in [0.1, 0.15) is 5.56 Å². The Morgan fingerprint density at radius 3 is 2.75 bits per heavy atom. The van der Waals surface area contributed by atoms with Crippen molar-refractivity contribution in [1.82, 2.24) is 14.6 Å². The molecule has 0 aliphatic heterocycles. The maximum absolute atomic E-state index is 11.1. The molecule has 0 atom stereocenters. The number of carbonyl (C=O) groups is 1. The molecular formula is C13H7Cl2N3O2. The van der Waals surface area contributed by atoms with Crippen LogP contribution in [0.3, 0.4) is 0 Å². The summed E-state index contributed by atoms with van der Waals surface area (Å²) in [7, 11) is 0. The molecule has 0 unspecified atom stereocenters. The molecular weight excluding hydrogens is 301 g/mol. The van der Waals surface area contributed by atoms with Gasteiger partial charge in [0.25, 0.3) is 0 Å². The van der Waals surface area contributed by atoms with Crippen LogP contribution in [0.1, 0.15) is 10.4 Å². The lowest BCUT2D eigenvalue weighted by atomic mass is 10.1. The Kier molecular flexibility index (Phi) is 3.08. The molecule has 2 heterocycles. The largest absolute Gasteiger partial charge is 0.477 e. The third kappa shape index (κ3) is 2.01. The van der Waals surface area contributed by atoms with Crippen LogP contribution in [0.25, 0.3) is 16.9 Å². The first-order valence-electron chi connectivity index (χ1n) is 5.59. The quantitative estimate of drug-likeness (QED) is 0.788. The van der Waals surface area contributed by atoms with E-state index in [-0.39, 0.29) is 11.2 Å². The van der Waals surface area contributed by atoms with Gasteiger partial charge in [0.05, 0.1) is 16.9 Å². The van der Waals surface area contributed by atoms with Gasteiger partial charge in [0, 0.05) is 16.8 Å². The van der Waals surface area contributed by atoms with Crippen molar-refractivity contribution >= 4 is 34.8 Å². The highest BCUT2D eigenvalue weighted by atomic mass is 35.5. The number of benzene rings is 1. The minimum atomic E-state index is -1.08. The summed E-state index contributed by atoms with van der Waals surface area (Å²) in [6.07, 6.45) is 2.78. The lowest BCUT2D eigenvalue weighted by Crippen LogP contribution is -1.99. The fraction of sp³-hybridized carbons (Fsp3) is 0. The van der Waals surface area contributed by atoms with Crippen LogP contribution in [0.5, 0.6) is 0 Å². The molecule has 0 bridgehead atoms. The summed E-state index contributed by atoms with van der Waals surface area (Å²) in [5, 5.41) is 14.1. The number of aromatic carboxylic acids is 1. The molecule has 0 fully saturated rings. The van der Waals surface area contributed by atoms with Crippen LogP contribution in [0.2, 0.25) is 10.0 Å². The number of carboxylic acids is 1. The Morgan fingerprint density at radius 1 is 1.25 bits per heavy atom. The first kappa shape index (κ1) is 12.9. The number of fused-ring (bicyclic) bond motifs is 1. The molecule has 0 aliphatic rings. The van der Waals surface area contributed by atoms with Crippen molar-refractivity contribution in [3.05, 3.63) is 52.3 Å². The summed E-state index contributed by atoms with van der Waals surface area (Å²) in [5.41, 5.74) is 1.64. The second kappa shape index (κ2) is 4.77. The lowest BCUT2D eigenvalue weighted by molar-refractivity contribution is 0.0699. The summed E-state index contributed by atoms with van der Waals surface area (Å²) in [6, 6.07) is 6.78. The van der Waals surface area contributed by atoms with E-state index in [1.54, 1.807) is 24.3 Å². The van der Waals surface area contributed by atoms with E-state index in [0.717, 1.165) is 0 Å². The van der Waals surface area contributed by atoms with Gasteiger partial charge in [0.2, 0.25) is 0 Å². The zero-order valence-corrected chi connectivity index (χ0v) is 11.4. The topological polar surface area (TPSA) is 67.5 Å². The Balaban J connectivity index is 2.29. The molecule has 0 amide bonds. The van der Waals surface area contributed by atoms with Crippen LogP contribution in [0, 0.1) is 0 Å². The van der Waals surface area contributed by atoms with E-state index in [1.165, 1.54) is 16.9 Å². The van der Waals surface area contributed by atoms with Gasteiger partial charge in [0.15, 0.2) is 5.65 Å². The van der Waals surface area contributed by atoms with Crippen LogP contribution in [-0.4, -0.2) is 25.7 Å². The molecule has 0 saturated heterocycles. The number of hydrogen-bond donors (Lipinski definition) is 1. The minimum absolute atomic E-state index is 0.0388. The molecule has 3 rings (SSSR count). The molecule has 20 heavy (non-hydrogen) atoms. The monoisotopic (exact) mass is 307 g/mol. The molecule has 0 saturated carbocycles. The Labute approximate surface area is 123 Å². The maximum Gasteiger partial charge on any atom is 0.341 e. The Bertz CT molecular complexity index is 830. The number of halogens is 2. The van der Waals surface area contributed by atoms with Crippen LogP contribution in [0.15, 0.2) is 36.7 Å². The van der Waals surface area contributed by atoms with Gasteiger partial charge < -0.3 is 5.11 Å². The molecule has 0 spiro atoms. The third-order valence-corrected chi connectivity index (χ3v) is 3.39. The highest BCUT2D eigenvalue weighted by Crippen LogP contribution is 2.30. The SMILES string of the molecule is O=C(O)c1cnn2c(-c3ccc(Cl)cc3Cl)ccnc12. The van der Waals surface area contributed by atoms with Crippen molar-refractivity contribution in [3.63, 3.8) is 0 Å². The zero-order chi connectivity index (χ0) is 14.3. The van der Waals surface area contributed by atoms with Gasteiger partial charge in [-0.05, 0) is 24.3 Å². The summed E-state index contributed by atoms with van der Waals surface area (Å²) < 4.78 is 1.44. The van der Waals surface area contributed by atoms with E-state index in [0.29, 0.717) is 21.3 Å². The molecule has 100 valence electrons. The van der Waals surface area contributed by atoms with Gasteiger partial charge in [-0.15, -0.1) is 0 Å². The molecule has 5 nitrogen and oxygen atoms in total. The fourth-order valence-corrected chi connectivity index (χ4v) is 2.45. The Hall–Kier alpha value is -2.11. The number of nitrogens with zero attached hydrogens (tertiary/aromatic N) is 3. The van der Waals surface area contributed by atoms with E-state index >= 15 is 0 Å². The van der Waals surface area contributed by atoms with Gasteiger partial charge in [-0.3, -0.25) is 0 Å². The molecule has 1 N–H and O–H groups in total. The second-order valence-electron chi connectivity index (χ2n) is 4.05. The standard InChI is InChI=1S/C13H7Cl2N3O2/c14-7-1-2-8(10(15)5-7)11-3-4-16-12-9(13(19)20)6-17-18(11)12/h1-6H,(H,19,20). The normalized spacial score (nSPS) is 10.9. The fourth-order valence-electron chi connectivity index (χ4n) is 1.94. The first-order valence-corrected chi connectivity index (χ1v) is 6.35. The summed E-state index contributed by atoms with van der Waals surface area (Å²) in [6.45, 7) is 0. The number of hydrogen-bond acceptors (Lipinski definition) is 3. The van der Waals surface area contributed by atoms with Crippen LogP contribution >= 0.6 is 23.2 Å². The van der Waals surface area contributed by atoms with Crippen molar-refractivity contribution < 1.29 is 9.90 Å². The van der Waals surface area contributed by atoms with E-state index in [2.05, 4.69) is 10.1 Å². The average Bonchev–Trinajstić information content (AvgIpc) is 2.82. The molecule has 0 radical (unpaired) electrons.